The molecule has 0 amide bonds. The summed E-state index contributed by atoms with van der Waals surface area (Å²) in [7, 11) is 0. The summed E-state index contributed by atoms with van der Waals surface area (Å²) in [6.07, 6.45) is 0.963. The molecule has 1 aliphatic rings. The molecule has 220 valence electrons. The van der Waals surface area contributed by atoms with Crippen LogP contribution in [0.1, 0.15) is 11.1 Å². The van der Waals surface area contributed by atoms with E-state index >= 15 is 0 Å². The average Bonchev–Trinajstić information content (AvgIpc) is 3.50. The van der Waals surface area contributed by atoms with Crippen molar-refractivity contribution in [3.8, 4) is 22.3 Å². The van der Waals surface area contributed by atoms with Crippen molar-refractivity contribution in [3.63, 3.8) is 0 Å². The summed E-state index contributed by atoms with van der Waals surface area (Å²) < 4.78 is 2.62. The lowest BCUT2D eigenvalue weighted by Gasteiger charge is -2.25. The molecule has 9 aromatic rings. The van der Waals surface area contributed by atoms with Gasteiger partial charge in [0, 0.05) is 37.2 Å². The largest absolute Gasteiger partial charge is 0.310 e. The van der Waals surface area contributed by atoms with Gasteiger partial charge in [-0.15, -0.1) is 11.3 Å². The summed E-state index contributed by atoms with van der Waals surface area (Å²) >= 11 is 1.87. The zero-order chi connectivity index (χ0) is 30.9. The van der Waals surface area contributed by atoms with E-state index in [-0.39, 0.29) is 0 Å². The van der Waals surface area contributed by atoms with Gasteiger partial charge >= 0.3 is 0 Å². The van der Waals surface area contributed by atoms with Crippen LogP contribution in [0, 0.1) is 0 Å². The van der Waals surface area contributed by atoms with Gasteiger partial charge in [0.2, 0.25) is 0 Å². The van der Waals surface area contributed by atoms with E-state index in [1.54, 1.807) is 0 Å². The van der Waals surface area contributed by atoms with Gasteiger partial charge in [-0.2, -0.15) is 0 Å². The third kappa shape index (κ3) is 4.15. The van der Waals surface area contributed by atoms with Crippen LogP contribution >= 0.6 is 11.3 Å². The second kappa shape index (κ2) is 10.4. The van der Waals surface area contributed by atoms with Gasteiger partial charge in [-0.05, 0) is 116 Å². The highest BCUT2D eigenvalue weighted by molar-refractivity contribution is 7.25. The molecule has 1 heterocycles. The summed E-state index contributed by atoms with van der Waals surface area (Å²) in [5.74, 6) is 0. The van der Waals surface area contributed by atoms with E-state index in [0.29, 0.717) is 0 Å². The van der Waals surface area contributed by atoms with Crippen LogP contribution < -0.4 is 4.90 Å². The predicted molar refractivity (Wildman–Crippen MR) is 203 cm³/mol. The molecule has 10 rings (SSSR count). The summed E-state index contributed by atoms with van der Waals surface area (Å²) in [4.78, 5) is 2.35. The molecule has 0 radical (unpaired) electrons. The van der Waals surface area contributed by atoms with Crippen LogP contribution in [0.3, 0.4) is 0 Å². The molecule has 0 unspecified atom stereocenters. The second-order valence-electron chi connectivity index (χ2n) is 12.5. The van der Waals surface area contributed by atoms with E-state index in [0.717, 1.165) is 23.5 Å². The van der Waals surface area contributed by atoms with Crippen LogP contribution in [0.15, 0.2) is 164 Å². The Bertz CT molecular complexity index is 2610. The third-order valence-electron chi connectivity index (χ3n) is 9.84. The highest BCUT2D eigenvalue weighted by atomic mass is 32.1. The lowest BCUT2D eigenvalue weighted by Crippen LogP contribution is -2.09. The van der Waals surface area contributed by atoms with Gasteiger partial charge in [0.1, 0.15) is 0 Å². The average molecular weight is 616 g/mol. The van der Waals surface area contributed by atoms with E-state index in [2.05, 4.69) is 169 Å². The Labute approximate surface area is 277 Å². The molecule has 0 N–H and O–H groups in total. The molecule has 8 aromatic carbocycles. The number of hydrogen-bond acceptors (Lipinski definition) is 2. The molecule has 1 nitrogen and oxygen atoms in total. The highest BCUT2D eigenvalue weighted by Gasteiger charge is 2.22. The number of hydrogen-bond donors (Lipinski definition) is 0. The van der Waals surface area contributed by atoms with E-state index in [1.165, 1.54) is 75.1 Å². The predicted octanol–water partition coefficient (Wildman–Crippen LogP) is 13.1. The molecular formula is C45H29NS. The molecule has 0 spiro atoms. The van der Waals surface area contributed by atoms with E-state index in [1.807, 2.05) is 11.3 Å². The van der Waals surface area contributed by atoms with Crippen molar-refractivity contribution in [2.45, 2.75) is 6.42 Å². The Balaban J connectivity index is 1.15. The maximum absolute atomic E-state index is 2.42. The van der Waals surface area contributed by atoms with Crippen LogP contribution in [0.25, 0.3) is 64.0 Å². The van der Waals surface area contributed by atoms with Gasteiger partial charge in [0.15, 0.2) is 0 Å². The first-order chi connectivity index (χ1) is 23.3. The second-order valence-corrected chi connectivity index (χ2v) is 13.6. The molecular weight excluding hydrogens is 587 g/mol. The number of nitrogens with zero attached hydrogens (tertiary/aromatic N) is 1. The van der Waals surface area contributed by atoms with E-state index in [9.17, 15) is 0 Å². The van der Waals surface area contributed by atoms with E-state index < -0.39 is 0 Å². The number of para-hydroxylation sites is 2. The standard InChI is InChI=1S/C45H29NS/c1-3-12-33(13-4-1)46(34-14-5-2-6-15-34)35-21-25-43-41(28-35)40-27-30(20-24-42(40)47-43)36-22-23-39-44-32(19-18-29-10-7-8-16-37(29)44)26-31-11-9-17-38(36)45(31)39/h1-25,27-28H,26H2. The lowest BCUT2D eigenvalue weighted by molar-refractivity contribution is 1.21. The van der Waals surface area contributed by atoms with Crippen molar-refractivity contribution in [2.24, 2.45) is 0 Å². The third-order valence-corrected chi connectivity index (χ3v) is 11.0. The molecule has 0 saturated heterocycles. The van der Waals surface area contributed by atoms with Crippen LogP contribution in [-0.4, -0.2) is 0 Å². The molecule has 2 heteroatoms. The van der Waals surface area contributed by atoms with Gasteiger partial charge < -0.3 is 4.90 Å². The number of rotatable bonds is 4. The summed E-state index contributed by atoms with van der Waals surface area (Å²) in [5, 5.41) is 7.97. The van der Waals surface area contributed by atoms with Crippen LogP contribution in [-0.2, 0) is 6.42 Å². The van der Waals surface area contributed by atoms with E-state index in [4.69, 9.17) is 0 Å². The fourth-order valence-corrected chi connectivity index (χ4v) is 8.82. The maximum atomic E-state index is 2.42. The fourth-order valence-electron chi connectivity index (χ4n) is 7.75. The topological polar surface area (TPSA) is 3.24 Å². The highest BCUT2D eigenvalue weighted by Crippen LogP contribution is 2.47. The van der Waals surface area contributed by atoms with Gasteiger partial charge in [-0.3, -0.25) is 0 Å². The molecule has 0 atom stereocenters. The number of anilines is 3. The van der Waals surface area contributed by atoms with Gasteiger partial charge in [0.05, 0.1) is 0 Å². The Morgan fingerprint density at radius 1 is 0.426 bits per heavy atom. The van der Waals surface area contributed by atoms with Crippen molar-refractivity contribution in [2.75, 3.05) is 4.90 Å². The first-order valence-corrected chi connectivity index (χ1v) is 17.0. The molecule has 0 bridgehead atoms. The summed E-state index contributed by atoms with van der Waals surface area (Å²) in [5.41, 5.74) is 11.6. The number of fused-ring (bicyclic) bond motifs is 7. The normalized spacial score (nSPS) is 12.2. The van der Waals surface area contributed by atoms with Crippen LogP contribution in [0.2, 0.25) is 0 Å². The zero-order valence-electron chi connectivity index (χ0n) is 25.7. The maximum Gasteiger partial charge on any atom is 0.0468 e. The first kappa shape index (κ1) is 26.5. The van der Waals surface area contributed by atoms with Crippen LogP contribution in [0.5, 0.6) is 0 Å². The zero-order valence-corrected chi connectivity index (χ0v) is 26.5. The lowest BCUT2D eigenvalue weighted by atomic mass is 9.80. The fraction of sp³-hybridized carbons (Fsp3) is 0.0222. The summed E-state index contributed by atoms with van der Waals surface area (Å²) in [6, 6.07) is 60.3. The number of thiophene rings is 1. The SMILES string of the molecule is c1ccc(N(c2ccccc2)c2ccc3sc4ccc(-c5ccc6c7c(cccc57)Cc5ccc7ccccc7c5-6)cc4c3c2)cc1. The first-order valence-electron chi connectivity index (χ1n) is 16.2. The smallest absolute Gasteiger partial charge is 0.0468 e. The quantitative estimate of drug-likeness (QED) is 0.190. The molecule has 1 aromatic heterocycles. The molecule has 47 heavy (non-hydrogen) atoms. The Kier molecular flexibility index (Phi) is 5.88. The summed E-state index contributed by atoms with van der Waals surface area (Å²) in [6.45, 7) is 0. The molecule has 1 aliphatic carbocycles. The van der Waals surface area contributed by atoms with Crippen molar-refractivity contribution >= 4 is 70.1 Å². The van der Waals surface area contributed by atoms with Crippen molar-refractivity contribution in [3.05, 3.63) is 175 Å². The monoisotopic (exact) mass is 615 g/mol. The molecule has 0 fully saturated rings. The van der Waals surface area contributed by atoms with Gasteiger partial charge in [-0.1, -0.05) is 109 Å². The minimum Gasteiger partial charge on any atom is -0.310 e. The minimum atomic E-state index is 0.963. The van der Waals surface area contributed by atoms with Crippen LogP contribution in [0.4, 0.5) is 17.1 Å². The van der Waals surface area contributed by atoms with Crippen molar-refractivity contribution in [1.82, 2.24) is 0 Å². The van der Waals surface area contributed by atoms with Gasteiger partial charge in [-0.25, -0.2) is 0 Å². The number of benzene rings is 8. The molecule has 0 saturated carbocycles. The Hall–Kier alpha value is -5.70. The Morgan fingerprint density at radius 3 is 1.91 bits per heavy atom. The molecule has 0 aliphatic heterocycles. The minimum absolute atomic E-state index is 0.963. The van der Waals surface area contributed by atoms with Gasteiger partial charge in [0.25, 0.3) is 0 Å². The van der Waals surface area contributed by atoms with Crippen molar-refractivity contribution < 1.29 is 0 Å². The van der Waals surface area contributed by atoms with Crippen molar-refractivity contribution in [1.29, 1.82) is 0 Å². The Morgan fingerprint density at radius 2 is 1.11 bits per heavy atom.